The number of piperidine rings is 1. The average Bonchev–Trinajstić information content (AvgIpc) is 3.68. The van der Waals surface area contributed by atoms with Crippen molar-refractivity contribution in [1.82, 2.24) is 40.4 Å². The van der Waals surface area contributed by atoms with E-state index in [0.29, 0.717) is 41.5 Å². The number of carbonyl (C=O) groups is 4. The normalized spacial score (nSPS) is 16.1. The van der Waals surface area contributed by atoms with Gasteiger partial charge in [0, 0.05) is 56.7 Å². The SMILES string of the molecule is Cc1ncsc1-c1ccc(CNC(=O)[C@@H]2C[C@@H](O)CN2C(=O)[C@@H](NC(=O)CCOCCOCCOCCOCCC(=O)N2CCC(c3nc(-c4cccc(NS(=O)(=O)c5c(F)cccc5F)c4F)c(-c4ccnc(N)n4)s3)CC2)C(C)(C)C)cc1. The quantitative estimate of drug-likeness (QED) is 0.0329. The Morgan fingerprint density at radius 1 is 0.824 bits per heavy atom. The molecule has 3 aromatic carbocycles. The van der Waals surface area contributed by atoms with E-state index in [0.717, 1.165) is 46.0 Å². The van der Waals surface area contributed by atoms with Gasteiger partial charge in [0.2, 0.25) is 29.6 Å². The first kappa shape index (κ1) is 64.0. The topological polar surface area (TPSA) is 280 Å². The molecule has 2 fully saturated rings. The maximum Gasteiger partial charge on any atom is 0.267 e. The van der Waals surface area contributed by atoms with Gasteiger partial charge in [0.05, 0.1) is 108 Å². The Balaban J connectivity index is 0.690. The van der Waals surface area contributed by atoms with Crippen molar-refractivity contribution in [3.05, 3.63) is 112 Å². The van der Waals surface area contributed by atoms with Gasteiger partial charge in [0.1, 0.15) is 23.7 Å². The molecule has 3 atom stereocenters. The van der Waals surface area contributed by atoms with E-state index in [2.05, 4.69) is 25.6 Å². The number of nitrogen functional groups attached to an aromatic ring is 1. The van der Waals surface area contributed by atoms with Crippen LogP contribution in [0.4, 0.5) is 24.8 Å². The van der Waals surface area contributed by atoms with Crippen LogP contribution in [0.1, 0.15) is 75.1 Å². The molecule has 85 heavy (non-hydrogen) atoms. The van der Waals surface area contributed by atoms with Gasteiger partial charge in [-0.25, -0.2) is 41.5 Å². The van der Waals surface area contributed by atoms with Gasteiger partial charge in [0.15, 0.2) is 10.7 Å². The first-order chi connectivity index (χ1) is 40.7. The van der Waals surface area contributed by atoms with Crippen LogP contribution in [0.25, 0.3) is 32.3 Å². The number of nitrogens with two attached hydrogens (primary N) is 1. The third-order valence-corrected chi connectivity index (χ3v) is 17.8. The van der Waals surface area contributed by atoms with E-state index in [1.165, 1.54) is 34.6 Å². The van der Waals surface area contributed by atoms with Crippen LogP contribution in [0, 0.1) is 29.8 Å². The summed E-state index contributed by atoms with van der Waals surface area (Å²) in [5.74, 6) is -5.21. The fraction of sp³-hybridized carbons (Fsp3) is 0.448. The monoisotopic (exact) mass is 1230 g/mol. The number of carbonyl (C=O) groups excluding carboxylic acids is 4. The fourth-order valence-electron chi connectivity index (χ4n) is 9.73. The number of aryl methyl sites for hydroxylation is 1. The van der Waals surface area contributed by atoms with Gasteiger partial charge in [-0.3, -0.25) is 23.9 Å². The van der Waals surface area contributed by atoms with Crippen LogP contribution in [-0.4, -0.2) is 158 Å². The van der Waals surface area contributed by atoms with Crippen LogP contribution in [0.15, 0.2) is 83.3 Å². The van der Waals surface area contributed by atoms with E-state index in [4.69, 9.17) is 29.7 Å². The Bertz CT molecular complexity index is 3380. The van der Waals surface area contributed by atoms with E-state index < -0.39 is 73.5 Å². The molecule has 0 spiro atoms. The third-order valence-electron chi connectivity index (χ3n) is 14.2. The number of amides is 4. The largest absolute Gasteiger partial charge is 0.391 e. The van der Waals surface area contributed by atoms with E-state index in [9.17, 15) is 41.5 Å². The predicted molar refractivity (Wildman–Crippen MR) is 313 cm³/mol. The van der Waals surface area contributed by atoms with Gasteiger partial charge < -0.3 is 50.2 Å². The van der Waals surface area contributed by atoms with Gasteiger partial charge in [-0.2, -0.15) is 0 Å². The summed E-state index contributed by atoms with van der Waals surface area (Å²) in [5.41, 5.74) is 9.68. The van der Waals surface area contributed by atoms with Crippen molar-refractivity contribution in [2.24, 2.45) is 5.41 Å². The number of hydrogen-bond donors (Lipinski definition) is 5. The zero-order chi connectivity index (χ0) is 60.8. The summed E-state index contributed by atoms with van der Waals surface area (Å²) < 4.78 is 95.9. The molecule has 0 bridgehead atoms. The van der Waals surface area contributed by atoms with Gasteiger partial charge in [-0.15, -0.1) is 22.7 Å². The predicted octanol–water partition coefficient (Wildman–Crippen LogP) is 6.86. The second-order valence-electron chi connectivity index (χ2n) is 21.4. The number of anilines is 2. The summed E-state index contributed by atoms with van der Waals surface area (Å²) in [5, 5.41) is 17.0. The van der Waals surface area contributed by atoms with Crippen LogP contribution in [0.3, 0.4) is 0 Å². The van der Waals surface area contributed by atoms with Gasteiger partial charge in [-0.05, 0) is 66.6 Å². The summed E-state index contributed by atoms with van der Waals surface area (Å²) in [6.07, 6.45) is 1.86. The van der Waals surface area contributed by atoms with Crippen molar-refractivity contribution in [3.8, 4) is 32.3 Å². The molecular weight excluding hydrogens is 1170 g/mol. The minimum absolute atomic E-state index is 0.0185. The first-order valence-corrected chi connectivity index (χ1v) is 30.9. The second-order valence-corrected chi connectivity index (χ2v) is 24.9. The molecule has 3 aromatic heterocycles. The highest BCUT2D eigenvalue weighted by molar-refractivity contribution is 7.92. The van der Waals surface area contributed by atoms with Crippen LogP contribution in [-0.2, 0) is 54.7 Å². The molecule has 0 unspecified atom stereocenters. The van der Waals surface area contributed by atoms with Crippen LogP contribution < -0.4 is 21.1 Å². The summed E-state index contributed by atoms with van der Waals surface area (Å²) in [6.45, 7) is 10.3. The zero-order valence-electron chi connectivity index (χ0n) is 47.5. The number of likely N-dealkylation sites (tertiary alicyclic amines) is 2. The van der Waals surface area contributed by atoms with Crippen LogP contribution in [0.2, 0.25) is 0 Å². The summed E-state index contributed by atoms with van der Waals surface area (Å²) in [4.78, 5) is 74.5. The lowest BCUT2D eigenvalue weighted by molar-refractivity contribution is -0.144. The number of halogens is 3. The number of nitrogens with one attached hydrogen (secondary N) is 3. The number of β-amino-alcohol motifs (C(OH)–C–C–N with tert-alkyl or cyclic N) is 1. The smallest absolute Gasteiger partial charge is 0.267 e. The van der Waals surface area contributed by atoms with E-state index in [-0.39, 0.29) is 120 Å². The Morgan fingerprint density at radius 2 is 1.46 bits per heavy atom. The lowest BCUT2D eigenvalue weighted by Crippen LogP contribution is -2.57. The molecule has 0 aliphatic carbocycles. The molecule has 0 radical (unpaired) electrons. The lowest BCUT2D eigenvalue weighted by atomic mass is 9.85. The minimum Gasteiger partial charge on any atom is -0.391 e. The van der Waals surface area contributed by atoms with Crippen LogP contribution >= 0.6 is 22.7 Å². The Morgan fingerprint density at radius 3 is 2.08 bits per heavy atom. The standard InChI is InChI=1S/C58H69F3N10O11S3/c1-35-50(83-34-65-35)37-13-11-36(12-14-37)32-64-54(75)45-31-39(72)33-71(45)56(76)53(58(2,3)4)67-46(73)18-23-79-25-27-81-29-30-82-28-26-80-24-19-47(74)70-21-16-38(17-22-70)55-68-49(51(84-55)44-15-20-63-57(62)66-44)40-7-5-10-43(48(40)61)69-85(77,78)52-41(59)8-6-9-42(52)60/h5-15,20,34,38-39,45,53,69,72H,16-19,21-33H2,1-4H3,(H,64,75)(H,67,73)(H2,62,63,66)/t39-,45+,53-/m1/s1. The number of aliphatic hydroxyl groups excluding tert-OH is 1. The molecule has 27 heteroatoms. The molecule has 2 saturated heterocycles. The van der Waals surface area contributed by atoms with Crippen LogP contribution in [0.5, 0.6) is 0 Å². The maximum atomic E-state index is 16.3. The van der Waals surface area contributed by atoms with Crippen molar-refractivity contribution < 1.29 is 64.8 Å². The van der Waals surface area contributed by atoms with Gasteiger partial charge in [-0.1, -0.05) is 57.2 Å². The number of benzene rings is 3. The van der Waals surface area contributed by atoms with Crippen molar-refractivity contribution in [2.75, 3.05) is 82.9 Å². The molecule has 2 aliphatic rings. The van der Waals surface area contributed by atoms with E-state index >= 15 is 4.39 Å². The van der Waals surface area contributed by atoms with E-state index in [1.54, 1.807) is 27.8 Å². The molecule has 2 aliphatic heterocycles. The number of sulfonamides is 1. The Labute approximate surface area is 498 Å². The number of thiazole rings is 2. The zero-order valence-corrected chi connectivity index (χ0v) is 49.9. The molecule has 4 amide bonds. The van der Waals surface area contributed by atoms with Crippen molar-refractivity contribution >= 4 is 68.0 Å². The summed E-state index contributed by atoms with van der Waals surface area (Å²) >= 11 is 2.81. The number of aromatic nitrogens is 4. The molecular formula is C58H69F3N10O11S3. The highest BCUT2D eigenvalue weighted by Crippen LogP contribution is 2.43. The van der Waals surface area contributed by atoms with E-state index in [1.807, 2.05) is 56.7 Å². The van der Waals surface area contributed by atoms with Crippen molar-refractivity contribution in [3.63, 3.8) is 0 Å². The summed E-state index contributed by atoms with van der Waals surface area (Å²) in [6, 6.07) is 14.0. The third kappa shape index (κ3) is 16.9. The number of rotatable bonds is 27. The molecule has 456 valence electrons. The number of aliphatic hydroxyl groups is 1. The lowest BCUT2D eigenvalue weighted by Gasteiger charge is -2.35. The maximum absolute atomic E-state index is 16.3. The van der Waals surface area contributed by atoms with Gasteiger partial charge >= 0.3 is 0 Å². The van der Waals surface area contributed by atoms with Crippen molar-refractivity contribution in [1.29, 1.82) is 0 Å². The second kappa shape index (κ2) is 29.4. The minimum atomic E-state index is -4.90. The Hall–Kier alpha value is -6.98. The number of nitrogens with zero attached hydrogens (tertiary/aromatic N) is 6. The molecule has 5 heterocycles. The molecule has 6 aromatic rings. The first-order valence-electron chi connectivity index (χ1n) is 27.7. The number of ether oxygens (including phenoxy) is 4. The molecule has 21 nitrogen and oxygen atoms in total. The number of hydrogen-bond acceptors (Lipinski definition) is 18. The highest BCUT2D eigenvalue weighted by Gasteiger charge is 2.44. The molecule has 6 N–H and O–H groups in total. The Kier molecular flexibility index (Phi) is 22.2. The molecule has 8 rings (SSSR count). The van der Waals surface area contributed by atoms with Crippen molar-refractivity contribution in [2.45, 2.75) is 95.3 Å². The molecule has 0 saturated carbocycles. The highest BCUT2D eigenvalue weighted by atomic mass is 32.2. The van der Waals surface area contributed by atoms with Gasteiger partial charge in [0.25, 0.3) is 10.0 Å². The average molecular weight is 1240 g/mol. The fourth-order valence-corrected chi connectivity index (χ4v) is 13.0. The summed E-state index contributed by atoms with van der Waals surface area (Å²) in [7, 11) is -4.90.